The number of carbonyl (C=O) groups is 1. The number of rotatable bonds is 7. The van der Waals surface area contributed by atoms with E-state index in [9.17, 15) is 9.18 Å². The lowest BCUT2D eigenvalue weighted by Crippen LogP contribution is -2.44. The fourth-order valence-electron chi connectivity index (χ4n) is 4.61. The van der Waals surface area contributed by atoms with E-state index in [1.54, 1.807) is 33.0 Å². The summed E-state index contributed by atoms with van der Waals surface area (Å²) >= 11 is 0. The quantitative estimate of drug-likeness (QED) is 0.331. The Morgan fingerprint density at radius 1 is 1.10 bits per heavy atom. The maximum absolute atomic E-state index is 15.3. The molecule has 9 nitrogen and oxygen atoms in total. The summed E-state index contributed by atoms with van der Waals surface area (Å²) in [5.74, 6) is -3.16. The highest BCUT2D eigenvalue weighted by molar-refractivity contribution is 6.01. The maximum Gasteiger partial charge on any atom is 0.262 e. The lowest BCUT2D eigenvalue weighted by Gasteiger charge is -2.34. The number of benzene rings is 2. The van der Waals surface area contributed by atoms with E-state index in [0.29, 0.717) is 36.7 Å². The molecule has 5 rings (SSSR count). The van der Waals surface area contributed by atoms with E-state index in [-0.39, 0.29) is 28.2 Å². The van der Waals surface area contributed by atoms with E-state index < -0.39 is 29.1 Å². The molecule has 2 N–H and O–H groups in total. The Morgan fingerprint density at radius 3 is 2.55 bits per heavy atom. The van der Waals surface area contributed by atoms with Crippen LogP contribution in [0.3, 0.4) is 0 Å². The Balaban J connectivity index is 1.50. The van der Waals surface area contributed by atoms with Gasteiger partial charge < -0.3 is 29.7 Å². The number of aryl methyl sites for hydroxylation is 1. The number of piperazine rings is 1. The summed E-state index contributed by atoms with van der Waals surface area (Å²) < 4.78 is 50.9. The molecule has 1 aliphatic heterocycles. The number of nitrogens with one attached hydrogen (secondary N) is 2. The second kappa shape index (κ2) is 11.0. The summed E-state index contributed by atoms with van der Waals surface area (Å²) in [6.45, 7) is 6.89. The van der Waals surface area contributed by atoms with Crippen molar-refractivity contribution in [2.45, 2.75) is 13.8 Å². The van der Waals surface area contributed by atoms with Crippen molar-refractivity contribution >= 4 is 34.0 Å². The number of hydrogen-bond acceptors (Lipinski definition) is 7. The van der Waals surface area contributed by atoms with E-state index in [2.05, 4.69) is 25.2 Å². The van der Waals surface area contributed by atoms with Crippen molar-refractivity contribution in [1.82, 2.24) is 24.8 Å². The third kappa shape index (κ3) is 5.26. The van der Waals surface area contributed by atoms with Crippen LogP contribution in [-0.4, -0.2) is 77.5 Å². The first-order valence-corrected chi connectivity index (χ1v) is 12.9. The van der Waals surface area contributed by atoms with Crippen LogP contribution in [0.4, 0.5) is 30.4 Å². The highest BCUT2D eigenvalue weighted by atomic mass is 19.1. The minimum absolute atomic E-state index is 0.00868. The molecule has 1 amide bonds. The smallest absolute Gasteiger partial charge is 0.262 e. The monoisotopic (exact) mass is 553 g/mol. The molecule has 40 heavy (non-hydrogen) atoms. The molecular formula is C28H30F3N7O2. The number of aromatic amines is 1. The first-order chi connectivity index (χ1) is 19.2. The predicted molar refractivity (Wildman–Crippen MR) is 147 cm³/mol. The van der Waals surface area contributed by atoms with Crippen molar-refractivity contribution in [2.75, 3.05) is 57.0 Å². The van der Waals surface area contributed by atoms with Crippen LogP contribution in [0.5, 0.6) is 11.6 Å². The third-order valence-electron chi connectivity index (χ3n) is 7.01. The topological polar surface area (TPSA) is 89.6 Å². The number of fused-ring (bicyclic) bond motifs is 1. The molecule has 0 saturated carbocycles. The molecule has 4 aromatic rings. The highest BCUT2D eigenvalue weighted by Crippen LogP contribution is 2.35. The average Bonchev–Trinajstić information content (AvgIpc) is 3.34. The van der Waals surface area contributed by atoms with Crippen molar-refractivity contribution in [3.8, 4) is 11.6 Å². The van der Waals surface area contributed by atoms with Crippen molar-refractivity contribution < 1.29 is 22.7 Å². The summed E-state index contributed by atoms with van der Waals surface area (Å²) in [6.07, 6.45) is 1.13. The summed E-state index contributed by atoms with van der Waals surface area (Å²) in [5, 5.41) is 2.99. The molecule has 2 aromatic carbocycles. The number of halogens is 3. The molecule has 2 aromatic heterocycles. The number of ether oxygens (including phenoxy) is 1. The first kappa shape index (κ1) is 27.3. The molecule has 12 heteroatoms. The van der Waals surface area contributed by atoms with Gasteiger partial charge in [-0.2, -0.15) is 0 Å². The zero-order valence-electron chi connectivity index (χ0n) is 22.7. The Morgan fingerprint density at radius 2 is 1.85 bits per heavy atom. The maximum atomic E-state index is 15.3. The Labute approximate surface area is 229 Å². The minimum atomic E-state index is -0.808. The van der Waals surface area contributed by atoms with E-state index in [1.807, 2.05) is 11.9 Å². The van der Waals surface area contributed by atoms with Gasteiger partial charge in [-0.3, -0.25) is 4.79 Å². The predicted octanol–water partition coefficient (Wildman–Crippen LogP) is 5.06. The molecule has 0 bridgehead atoms. The molecule has 0 atom stereocenters. The molecule has 0 aliphatic carbocycles. The van der Waals surface area contributed by atoms with Crippen molar-refractivity contribution in [1.29, 1.82) is 0 Å². The molecule has 1 fully saturated rings. The number of aromatic nitrogens is 3. The summed E-state index contributed by atoms with van der Waals surface area (Å²) in [6, 6.07) is 7.05. The van der Waals surface area contributed by atoms with Gasteiger partial charge in [-0.15, -0.1) is 0 Å². The number of H-pyrrole nitrogens is 1. The molecule has 3 heterocycles. The number of carbonyl (C=O) groups excluding carboxylic acids is 1. The molecule has 1 aliphatic rings. The van der Waals surface area contributed by atoms with Crippen LogP contribution in [0.15, 0.2) is 36.7 Å². The molecule has 0 unspecified atom stereocenters. The average molecular weight is 554 g/mol. The van der Waals surface area contributed by atoms with Gasteiger partial charge in [0.1, 0.15) is 17.7 Å². The van der Waals surface area contributed by atoms with Crippen molar-refractivity contribution in [2.24, 2.45) is 0 Å². The SMILES string of the molecule is CCN(C)C(=O)c1c(Nc2ccc(N3CCN(C)CC3)c(F)c2)ncnc1Oc1cc(F)c2[nH]c(C)cc2c1F. The highest BCUT2D eigenvalue weighted by Gasteiger charge is 2.26. The zero-order valence-corrected chi connectivity index (χ0v) is 22.7. The molecule has 1 saturated heterocycles. The second-order valence-corrected chi connectivity index (χ2v) is 9.82. The van der Waals surface area contributed by atoms with Gasteiger partial charge in [-0.1, -0.05) is 0 Å². The lowest BCUT2D eigenvalue weighted by molar-refractivity contribution is 0.0799. The largest absolute Gasteiger partial charge is 0.435 e. The number of amides is 1. The van der Waals surface area contributed by atoms with Gasteiger partial charge in [0.2, 0.25) is 5.88 Å². The van der Waals surface area contributed by atoms with Crippen LogP contribution in [0, 0.1) is 24.4 Å². The van der Waals surface area contributed by atoms with Crippen LogP contribution in [0.2, 0.25) is 0 Å². The van der Waals surface area contributed by atoms with Crippen LogP contribution in [0.1, 0.15) is 23.0 Å². The normalized spacial score (nSPS) is 14.0. The van der Waals surface area contributed by atoms with Gasteiger partial charge in [-0.05, 0) is 45.2 Å². The molecular weight excluding hydrogens is 523 g/mol. The van der Waals surface area contributed by atoms with Crippen LogP contribution in [-0.2, 0) is 0 Å². The number of anilines is 3. The Bertz CT molecular complexity index is 1570. The van der Waals surface area contributed by atoms with Crippen molar-refractivity contribution in [3.05, 3.63) is 65.4 Å². The van der Waals surface area contributed by atoms with Crippen molar-refractivity contribution in [3.63, 3.8) is 0 Å². The van der Waals surface area contributed by atoms with Gasteiger partial charge >= 0.3 is 0 Å². The van der Waals surface area contributed by atoms with Crippen LogP contribution < -0.4 is 15.0 Å². The van der Waals surface area contributed by atoms with E-state index in [4.69, 9.17) is 4.74 Å². The van der Waals surface area contributed by atoms with Gasteiger partial charge in [0.25, 0.3) is 5.91 Å². The second-order valence-electron chi connectivity index (χ2n) is 9.82. The summed E-state index contributed by atoms with van der Waals surface area (Å²) in [7, 11) is 3.60. The fraction of sp³-hybridized carbons (Fsp3) is 0.321. The van der Waals surface area contributed by atoms with Gasteiger partial charge in [0, 0.05) is 62.6 Å². The van der Waals surface area contributed by atoms with E-state index >= 15 is 8.78 Å². The Hall–Kier alpha value is -4.32. The minimum Gasteiger partial charge on any atom is -0.435 e. The molecule has 0 spiro atoms. The van der Waals surface area contributed by atoms with Gasteiger partial charge in [0.15, 0.2) is 23.2 Å². The summed E-state index contributed by atoms with van der Waals surface area (Å²) in [5.41, 5.74) is 1.30. The van der Waals surface area contributed by atoms with E-state index in [1.165, 1.54) is 17.0 Å². The zero-order chi connectivity index (χ0) is 28.6. The molecule has 210 valence electrons. The number of hydrogen-bond donors (Lipinski definition) is 2. The van der Waals surface area contributed by atoms with Crippen LogP contribution in [0.25, 0.3) is 10.9 Å². The number of likely N-dealkylation sites (N-methyl/N-ethyl adjacent to an activating group) is 1. The third-order valence-corrected chi connectivity index (χ3v) is 7.01. The van der Waals surface area contributed by atoms with E-state index in [0.717, 1.165) is 25.5 Å². The standard InChI is InChI=1S/C28H30F3N7O2/c1-5-37(4)28(39)23-26(35-17-6-7-21(19(29)13-17)38-10-8-36(3)9-11-38)32-15-33-27(23)40-22-14-20(30)25-18(24(22)31)12-16(2)34-25/h6-7,12-15,34H,5,8-11H2,1-4H3,(H,32,33,35). The number of nitrogens with zero attached hydrogens (tertiary/aromatic N) is 5. The fourth-order valence-corrected chi connectivity index (χ4v) is 4.61. The van der Waals surface area contributed by atoms with Gasteiger partial charge in [-0.25, -0.2) is 23.1 Å². The molecule has 0 radical (unpaired) electrons. The summed E-state index contributed by atoms with van der Waals surface area (Å²) in [4.78, 5) is 30.0. The van der Waals surface area contributed by atoms with Crippen LogP contribution >= 0.6 is 0 Å². The first-order valence-electron chi connectivity index (χ1n) is 12.9. The van der Waals surface area contributed by atoms with Gasteiger partial charge in [0.05, 0.1) is 11.2 Å². The lowest BCUT2D eigenvalue weighted by atomic mass is 10.2. The Kier molecular flexibility index (Phi) is 7.53.